The molecule has 0 radical (unpaired) electrons. The second kappa shape index (κ2) is 8.56. The van der Waals surface area contributed by atoms with Crippen molar-refractivity contribution in [1.29, 1.82) is 0 Å². The van der Waals surface area contributed by atoms with Crippen LogP contribution in [-0.2, 0) is 15.2 Å². The molecule has 154 valence electrons. The first-order valence-electron chi connectivity index (χ1n) is 5.40. The van der Waals surface area contributed by atoms with E-state index in [9.17, 15) is 65.5 Å². The van der Waals surface area contributed by atoms with Crippen LogP contribution in [0.5, 0.6) is 0 Å². The summed E-state index contributed by atoms with van der Waals surface area (Å²) in [5, 5.41) is 0. The van der Waals surface area contributed by atoms with Crippen LogP contribution in [0, 0.1) is 0 Å². The summed E-state index contributed by atoms with van der Waals surface area (Å²) in [7, 11) is -3.96. The molecule has 0 fully saturated rings. The van der Waals surface area contributed by atoms with Gasteiger partial charge in [-0.05, 0) is 0 Å². The first-order chi connectivity index (χ1) is 10.7. The van der Waals surface area contributed by atoms with E-state index >= 15 is 0 Å². The summed E-state index contributed by atoms with van der Waals surface area (Å²) in [6, 6.07) is 0. The molecule has 18 heteroatoms. The van der Waals surface area contributed by atoms with Crippen molar-refractivity contribution in [2.45, 2.75) is 42.2 Å². The number of hydrogen-bond donors (Lipinski definition) is 1. The zero-order valence-corrected chi connectivity index (χ0v) is 11.9. The van der Waals surface area contributed by atoms with Crippen molar-refractivity contribution >= 4 is 62.4 Å². The van der Waals surface area contributed by atoms with Gasteiger partial charge in [-0.2, -0.15) is 57.1 Å². The molecule has 0 aliphatic heterocycles. The standard InChI is InChI=1S/C8H5F13O3S.K.H/c9-3(10,1-2-24-25(22)23)4(11,12)5(13,14)6(15,16)7(17,18)8(19,20)21;;/h25H,1-2H2;;. The second-order valence-corrected chi connectivity index (χ2v) is 5.01. The summed E-state index contributed by atoms with van der Waals surface area (Å²) >= 11 is 0. The first-order valence-corrected chi connectivity index (χ1v) is 6.49. The quantitative estimate of drug-likeness (QED) is 0.339. The van der Waals surface area contributed by atoms with E-state index in [4.69, 9.17) is 0 Å². The van der Waals surface area contributed by atoms with E-state index in [1.54, 1.807) is 0 Å². The Morgan fingerprint density at radius 2 is 0.962 bits per heavy atom. The first kappa shape index (κ1) is 28.8. The van der Waals surface area contributed by atoms with Gasteiger partial charge in [-0.1, -0.05) is 0 Å². The Morgan fingerprint density at radius 1 is 0.615 bits per heavy atom. The van der Waals surface area contributed by atoms with Crippen molar-refractivity contribution in [2.75, 3.05) is 6.61 Å². The summed E-state index contributed by atoms with van der Waals surface area (Å²) in [6.45, 7) is -1.97. The van der Waals surface area contributed by atoms with Crippen molar-refractivity contribution in [1.82, 2.24) is 0 Å². The number of alkyl halides is 13. The van der Waals surface area contributed by atoms with Crippen LogP contribution in [0.15, 0.2) is 0 Å². The summed E-state index contributed by atoms with van der Waals surface area (Å²) < 4.78 is 187. The zero-order chi connectivity index (χ0) is 20.7. The van der Waals surface area contributed by atoms with Crippen molar-refractivity contribution < 1.29 is 69.7 Å². The van der Waals surface area contributed by atoms with Crippen LogP contribution >= 0.6 is 0 Å². The van der Waals surface area contributed by atoms with E-state index in [0.29, 0.717) is 0 Å². The van der Waals surface area contributed by atoms with Crippen LogP contribution in [0.4, 0.5) is 57.1 Å². The second-order valence-electron chi connectivity index (χ2n) is 4.31. The van der Waals surface area contributed by atoms with Gasteiger partial charge in [0.25, 0.3) is 11.0 Å². The van der Waals surface area contributed by atoms with Crippen LogP contribution < -0.4 is 0 Å². The molecule has 0 saturated carbocycles. The molecule has 0 amide bonds. The molecule has 0 rings (SSSR count). The number of hydrogen-bond acceptors (Lipinski definition) is 3. The van der Waals surface area contributed by atoms with Gasteiger partial charge in [-0.25, -0.2) is 8.42 Å². The molecular weight excluding hydrogens is 462 g/mol. The van der Waals surface area contributed by atoms with Gasteiger partial charge in [0, 0.05) is 6.42 Å². The van der Waals surface area contributed by atoms with Crippen molar-refractivity contribution in [3.8, 4) is 0 Å². The topological polar surface area (TPSA) is 43.4 Å². The molecular formula is C8H6F13KO3S. The summed E-state index contributed by atoms with van der Waals surface area (Å²) in [4.78, 5) is 0. The fraction of sp³-hybridized carbons (Fsp3) is 1.00. The van der Waals surface area contributed by atoms with Gasteiger partial charge in [0.15, 0.2) is 0 Å². The molecule has 0 aromatic rings. The molecule has 0 heterocycles. The fourth-order valence-corrected chi connectivity index (χ4v) is 1.45. The molecule has 0 aliphatic carbocycles. The Kier molecular flexibility index (Phi) is 9.50. The third kappa shape index (κ3) is 4.97. The molecule has 26 heavy (non-hydrogen) atoms. The maximum atomic E-state index is 13.0. The van der Waals surface area contributed by atoms with Crippen molar-refractivity contribution in [2.24, 2.45) is 0 Å². The fourth-order valence-electron chi connectivity index (χ4n) is 1.21. The molecule has 0 N–H and O–H groups in total. The Labute approximate surface area is 179 Å². The van der Waals surface area contributed by atoms with Gasteiger partial charge in [-0.15, -0.1) is 0 Å². The number of thiol groups is 1. The van der Waals surface area contributed by atoms with E-state index in [0.717, 1.165) is 0 Å². The van der Waals surface area contributed by atoms with Crippen LogP contribution in [0.25, 0.3) is 0 Å². The summed E-state index contributed by atoms with van der Waals surface area (Å²) in [5.74, 6) is -37.4. The van der Waals surface area contributed by atoms with E-state index in [1.165, 1.54) is 0 Å². The van der Waals surface area contributed by atoms with Crippen LogP contribution in [0.1, 0.15) is 6.42 Å². The van der Waals surface area contributed by atoms with Gasteiger partial charge >= 0.3 is 87.2 Å². The molecule has 0 atom stereocenters. The molecule has 0 aliphatic rings. The van der Waals surface area contributed by atoms with Crippen molar-refractivity contribution in [3.63, 3.8) is 0 Å². The van der Waals surface area contributed by atoms with Gasteiger partial charge in [0.1, 0.15) is 0 Å². The van der Waals surface area contributed by atoms with Crippen LogP contribution in [0.3, 0.4) is 0 Å². The van der Waals surface area contributed by atoms with Gasteiger partial charge < -0.3 is 0 Å². The molecule has 0 bridgehead atoms. The Morgan fingerprint density at radius 3 is 1.27 bits per heavy atom. The molecule has 3 nitrogen and oxygen atoms in total. The number of halogens is 13. The van der Waals surface area contributed by atoms with E-state index in [-0.39, 0.29) is 51.4 Å². The predicted octanol–water partition coefficient (Wildman–Crippen LogP) is 3.01. The molecule has 0 aromatic carbocycles. The Balaban J connectivity index is 0. The van der Waals surface area contributed by atoms with Crippen LogP contribution in [-0.4, -0.2) is 102 Å². The monoisotopic (exact) mass is 468 g/mol. The Hall–Kier alpha value is 0.636. The third-order valence-electron chi connectivity index (χ3n) is 2.61. The predicted molar refractivity (Wildman–Crippen MR) is 58.8 cm³/mol. The normalized spacial score (nSPS) is 15.2. The minimum atomic E-state index is -7.98. The molecule has 0 spiro atoms. The molecule has 0 unspecified atom stereocenters. The van der Waals surface area contributed by atoms with E-state index < -0.39 is 59.8 Å². The van der Waals surface area contributed by atoms with Gasteiger partial charge in [-0.3, -0.25) is 4.18 Å². The summed E-state index contributed by atoms with van der Waals surface area (Å²) in [5.41, 5.74) is 0. The molecule has 0 aromatic heterocycles. The summed E-state index contributed by atoms with van der Waals surface area (Å²) in [6.07, 6.45) is -10.2. The van der Waals surface area contributed by atoms with Gasteiger partial charge in [0.2, 0.25) is 0 Å². The zero-order valence-electron chi connectivity index (χ0n) is 11.0. The van der Waals surface area contributed by atoms with E-state index in [2.05, 4.69) is 4.18 Å². The minimum absolute atomic E-state index is 0. The third-order valence-corrected chi connectivity index (χ3v) is 3.00. The molecule has 0 saturated heterocycles. The average Bonchev–Trinajstić information content (AvgIpc) is 2.35. The van der Waals surface area contributed by atoms with Gasteiger partial charge in [0.05, 0.1) is 6.61 Å². The van der Waals surface area contributed by atoms with Crippen molar-refractivity contribution in [3.05, 3.63) is 0 Å². The van der Waals surface area contributed by atoms with E-state index in [1.807, 2.05) is 0 Å². The number of rotatable bonds is 8. The van der Waals surface area contributed by atoms with Crippen LogP contribution in [0.2, 0.25) is 0 Å². The average molecular weight is 468 g/mol. The SMILES string of the molecule is O=[SH](=O)OCCC(F)(F)C(F)(F)C(F)(F)C(F)(F)C(F)(F)C(F)(F)F.[KH]. The Bertz CT molecular complexity index is 548. The maximum absolute atomic E-state index is 13.0.